The van der Waals surface area contributed by atoms with Crippen LogP contribution >= 0.6 is 11.6 Å². The van der Waals surface area contributed by atoms with E-state index in [0.29, 0.717) is 10.8 Å². The van der Waals surface area contributed by atoms with E-state index in [1.807, 2.05) is 42.7 Å². The first-order valence-electron chi connectivity index (χ1n) is 6.40. The van der Waals surface area contributed by atoms with E-state index in [0.717, 1.165) is 17.0 Å². The SMILES string of the molecule is COc1cccc(C(c2ccc[nH]2)c2ccc[nH]2)c1Cl. The zero-order valence-electron chi connectivity index (χ0n) is 11.1. The van der Waals surface area contributed by atoms with Crippen LogP contribution < -0.4 is 4.74 Å². The Balaban J connectivity index is 2.16. The largest absolute Gasteiger partial charge is 0.495 e. The van der Waals surface area contributed by atoms with E-state index in [4.69, 9.17) is 16.3 Å². The lowest BCUT2D eigenvalue weighted by Gasteiger charge is -2.18. The van der Waals surface area contributed by atoms with Crippen molar-refractivity contribution in [1.29, 1.82) is 0 Å². The number of H-pyrrole nitrogens is 2. The van der Waals surface area contributed by atoms with E-state index >= 15 is 0 Å². The highest BCUT2D eigenvalue weighted by Crippen LogP contribution is 2.38. The summed E-state index contributed by atoms with van der Waals surface area (Å²) in [5, 5.41) is 0.643. The van der Waals surface area contributed by atoms with Gasteiger partial charge in [0.05, 0.1) is 18.1 Å². The molecule has 0 radical (unpaired) electrons. The van der Waals surface area contributed by atoms with Gasteiger partial charge in [0.1, 0.15) is 5.75 Å². The molecule has 0 aliphatic carbocycles. The second kappa shape index (κ2) is 5.47. The van der Waals surface area contributed by atoms with Crippen LogP contribution in [0.1, 0.15) is 22.9 Å². The normalized spacial score (nSPS) is 10.9. The molecule has 3 aromatic rings. The summed E-state index contributed by atoms with van der Waals surface area (Å²) < 4.78 is 5.32. The van der Waals surface area contributed by atoms with E-state index < -0.39 is 0 Å². The van der Waals surface area contributed by atoms with E-state index in [-0.39, 0.29) is 5.92 Å². The third-order valence-electron chi connectivity index (χ3n) is 3.39. The number of methoxy groups -OCH3 is 1. The topological polar surface area (TPSA) is 40.8 Å². The first-order chi connectivity index (χ1) is 9.81. The van der Waals surface area contributed by atoms with Gasteiger partial charge in [-0.05, 0) is 35.9 Å². The van der Waals surface area contributed by atoms with Crippen LogP contribution in [0.5, 0.6) is 5.75 Å². The molecule has 0 amide bonds. The van der Waals surface area contributed by atoms with Gasteiger partial charge in [0, 0.05) is 23.8 Å². The third-order valence-corrected chi connectivity index (χ3v) is 3.79. The van der Waals surface area contributed by atoms with Gasteiger partial charge in [-0.3, -0.25) is 0 Å². The molecule has 1 aromatic carbocycles. The van der Waals surface area contributed by atoms with Crippen molar-refractivity contribution >= 4 is 11.6 Å². The molecule has 3 nitrogen and oxygen atoms in total. The van der Waals surface area contributed by atoms with Crippen LogP contribution in [0.2, 0.25) is 5.02 Å². The van der Waals surface area contributed by atoms with Crippen molar-refractivity contribution in [3.05, 3.63) is 76.8 Å². The van der Waals surface area contributed by atoms with Crippen LogP contribution in [0.25, 0.3) is 0 Å². The fourth-order valence-corrected chi connectivity index (χ4v) is 2.77. The van der Waals surface area contributed by atoms with Crippen molar-refractivity contribution in [2.75, 3.05) is 7.11 Å². The Bertz CT molecular complexity index is 640. The smallest absolute Gasteiger partial charge is 0.137 e. The Morgan fingerprint density at radius 2 is 1.60 bits per heavy atom. The molecule has 0 saturated carbocycles. The molecule has 2 aromatic heterocycles. The van der Waals surface area contributed by atoms with Gasteiger partial charge in [0.25, 0.3) is 0 Å². The molecule has 4 heteroatoms. The lowest BCUT2D eigenvalue weighted by Crippen LogP contribution is -2.05. The molecule has 0 aliphatic heterocycles. The predicted molar refractivity (Wildman–Crippen MR) is 80.5 cm³/mol. The summed E-state index contributed by atoms with van der Waals surface area (Å²) in [7, 11) is 1.63. The number of nitrogens with one attached hydrogen (secondary N) is 2. The number of benzene rings is 1. The molecule has 0 bridgehead atoms. The molecule has 0 spiro atoms. The molecule has 0 saturated heterocycles. The van der Waals surface area contributed by atoms with Gasteiger partial charge in [0.15, 0.2) is 0 Å². The number of ether oxygens (including phenoxy) is 1. The monoisotopic (exact) mass is 286 g/mol. The van der Waals surface area contributed by atoms with Crippen LogP contribution in [-0.4, -0.2) is 17.1 Å². The summed E-state index contributed by atoms with van der Waals surface area (Å²) in [6.07, 6.45) is 3.83. The Morgan fingerprint density at radius 3 is 2.10 bits per heavy atom. The molecule has 102 valence electrons. The first-order valence-corrected chi connectivity index (χ1v) is 6.78. The van der Waals surface area contributed by atoms with Crippen molar-refractivity contribution in [3.63, 3.8) is 0 Å². The summed E-state index contributed by atoms with van der Waals surface area (Å²) >= 11 is 6.48. The number of rotatable bonds is 4. The fourth-order valence-electron chi connectivity index (χ4n) is 2.46. The summed E-state index contributed by atoms with van der Waals surface area (Å²) in [5.74, 6) is 0.717. The Hall–Kier alpha value is -2.13. The van der Waals surface area contributed by atoms with E-state index in [9.17, 15) is 0 Å². The highest BCUT2D eigenvalue weighted by atomic mass is 35.5. The van der Waals surface area contributed by atoms with Crippen LogP contribution in [0.15, 0.2) is 54.9 Å². The van der Waals surface area contributed by atoms with Crippen molar-refractivity contribution < 1.29 is 4.74 Å². The van der Waals surface area contributed by atoms with Gasteiger partial charge in [-0.1, -0.05) is 23.7 Å². The first kappa shape index (κ1) is 12.9. The molecule has 0 atom stereocenters. The summed E-state index contributed by atoms with van der Waals surface area (Å²) in [6, 6.07) is 13.9. The second-order valence-corrected chi connectivity index (χ2v) is 4.93. The fraction of sp³-hybridized carbons (Fsp3) is 0.125. The minimum atomic E-state index is 0.0302. The van der Waals surface area contributed by atoms with E-state index in [2.05, 4.69) is 22.1 Å². The summed E-state index contributed by atoms with van der Waals surface area (Å²) in [4.78, 5) is 6.54. The maximum absolute atomic E-state index is 6.48. The summed E-state index contributed by atoms with van der Waals surface area (Å²) in [5.41, 5.74) is 3.18. The van der Waals surface area contributed by atoms with Gasteiger partial charge >= 0.3 is 0 Å². The van der Waals surface area contributed by atoms with Crippen LogP contribution in [0.3, 0.4) is 0 Å². The Morgan fingerprint density at radius 1 is 0.950 bits per heavy atom. The maximum atomic E-state index is 6.48. The predicted octanol–water partition coefficient (Wildman–Crippen LogP) is 4.19. The average molecular weight is 287 g/mol. The number of hydrogen-bond donors (Lipinski definition) is 2. The molecule has 2 heterocycles. The summed E-state index contributed by atoms with van der Waals surface area (Å²) in [6.45, 7) is 0. The van der Waals surface area contributed by atoms with Crippen molar-refractivity contribution in [2.24, 2.45) is 0 Å². The van der Waals surface area contributed by atoms with Crippen LogP contribution in [-0.2, 0) is 0 Å². The van der Waals surface area contributed by atoms with Crippen molar-refractivity contribution in [1.82, 2.24) is 9.97 Å². The molecule has 20 heavy (non-hydrogen) atoms. The van der Waals surface area contributed by atoms with Crippen molar-refractivity contribution in [3.8, 4) is 5.75 Å². The number of halogens is 1. The molecular weight excluding hydrogens is 272 g/mol. The van der Waals surface area contributed by atoms with Crippen LogP contribution in [0, 0.1) is 0 Å². The molecule has 3 rings (SSSR count). The third kappa shape index (κ3) is 2.21. The van der Waals surface area contributed by atoms with E-state index in [1.165, 1.54) is 0 Å². The quantitative estimate of drug-likeness (QED) is 0.742. The minimum absolute atomic E-state index is 0.0302. The molecule has 0 unspecified atom stereocenters. The zero-order valence-corrected chi connectivity index (χ0v) is 11.8. The zero-order chi connectivity index (χ0) is 13.9. The molecule has 0 aliphatic rings. The second-order valence-electron chi connectivity index (χ2n) is 4.55. The van der Waals surface area contributed by atoms with Crippen LogP contribution in [0.4, 0.5) is 0 Å². The molecular formula is C16H15ClN2O. The lowest BCUT2D eigenvalue weighted by molar-refractivity contribution is 0.414. The number of aromatic nitrogens is 2. The standard InChI is InChI=1S/C16H15ClN2O/c1-20-14-8-2-5-11(16(14)17)15(12-6-3-9-18-12)13-7-4-10-19-13/h2-10,15,18-19H,1H3. The van der Waals surface area contributed by atoms with Gasteiger partial charge in [0.2, 0.25) is 0 Å². The lowest BCUT2D eigenvalue weighted by atomic mass is 9.92. The highest BCUT2D eigenvalue weighted by Gasteiger charge is 2.22. The molecule has 0 fully saturated rings. The Labute approximate surface area is 122 Å². The van der Waals surface area contributed by atoms with Gasteiger partial charge in [-0.15, -0.1) is 0 Å². The highest BCUT2D eigenvalue weighted by molar-refractivity contribution is 6.33. The number of aromatic amines is 2. The number of hydrogen-bond acceptors (Lipinski definition) is 1. The van der Waals surface area contributed by atoms with Crippen molar-refractivity contribution in [2.45, 2.75) is 5.92 Å². The maximum Gasteiger partial charge on any atom is 0.137 e. The van der Waals surface area contributed by atoms with E-state index in [1.54, 1.807) is 7.11 Å². The Kier molecular flexibility index (Phi) is 3.52. The minimum Gasteiger partial charge on any atom is -0.495 e. The van der Waals surface area contributed by atoms with Gasteiger partial charge < -0.3 is 14.7 Å². The average Bonchev–Trinajstić information content (AvgIpc) is 3.15. The van der Waals surface area contributed by atoms with Gasteiger partial charge in [-0.2, -0.15) is 0 Å². The molecule has 2 N–H and O–H groups in total. The van der Waals surface area contributed by atoms with Gasteiger partial charge in [-0.25, -0.2) is 0 Å².